The van der Waals surface area contributed by atoms with Crippen molar-refractivity contribution in [3.05, 3.63) is 0 Å². The molecule has 0 spiro atoms. The third-order valence-electron chi connectivity index (χ3n) is 3.20. The van der Waals surface area contributed by atoms with Gasteiger partial charge in [-0.3, -0.25) is 4.79 Å². The Morgan fingerprint density at radius 2 is 1.94 bits per heavy atom. The van der Waals surface area contributed by atoms with Crippen molar-refractivity contribution in [1.29, 1.82) is 0 Å². The normalized spacial score (nSPS) is 18.8. The molecule has 0 saturated carbocycles. The smallest absolute Gasteiger partial charge is 0.309 e. The quantitative estimate of drug-likeness (QED) is 0.669. The highest BCUT2D eigenvalue weighted by Crippen LogP contribution is 2.18. The number of rotatable bonds is 6. The van der Waals surface area contributed by atoms with Gasteiger partial charge in [-0.1, -0.05) is 0 Å². The monoisotopic (exact) mass is 277 g/mol. The average molecular weight is 277 g/mol. The largest absolute Gasteiger partial charge is 0.466 e. The van der Waals surface area contributed by atoms with Crippen LogP contribution in [0.4, 0.5) is 0 Å². The molecule has 0 unspecified atom stereocenters. The second kappa shape index (κ2) is 7.09. The van der Waals surface area contributed by atoms with E-state index in [4.69, 9.17) is 4.74 Å². The van der Waals surface area contributed by atoms with Gasteiger partial charge in [-0.15, -0.1) is 0 Å². The molecule has 0 N–H and O–H groups in total. The second-order valence-corrected chi connectivity index (χ2v) is 7.11. The van der Waals surface area contributed by atoms with E-state index < -0.39 is 9.84 Å². The lowest BCUT2D eigenvalue weighted by atomic mass is 9.97. The maximum absolute atomic E-state index is 11.5. The topological polar surface area (TPSA) is 63.7 Å². The van der Waals surface area contributed by atoms with Gasteiger partial charge in [0.15, 0.2) is 0 Å². The first kappa shape index (κ1) is 15.4. The molecule has 0 aliphatic carbocycles. The molecule has 106 valence electrons. The Morgan fingerprint density at radius 3 is 2.44 bits per heavy atom. The first-order chi connectivity index (χ1) is 8.42. The zero-order valence-corrected chi connectivity index (χ0v) is 12.0. The van der Waals surface area contributed by atoms with Gasteiger partial charge in [0.25, 0.3) is 0 Å². The van der Waals surface area contributed by atoms with E-state index in [1.54, 1.807) is 0 Å². The van der Waals surface area contributed by atoms with E-state index in [0.717, 1.165) is 32.5 Å². The Kier molecular flexibility index (Phi) is 6.08. The van der Waals surface area contributed by atoms with Crippen LogP contribution in [0.5, 0.6) is 0 Å². The van der Waals surface area contributed by atoms with Crippen LogP contribution in [0.2, 0.25) is 0 Å². The third kappa shape index (κ3) is 5.82. The first-order valence-electron chi connectivity index (χ1n) is 6.49. The molecule has 0 radical (unpaired) electrons. The van der Waals surface area contributed by atoms with Crippen LogP contribution in [-0.2, 0) is 19.4 Å². The molecule has 0 amide bonds. The molecule has 0 aromatic carbocycles. The van der Waals surface area contributed by atoms with Crippen molar-refractivity contribution in [2.75, 3.05) is 38.2 Å². The number of hydrogen-bond donors (Lipinski definition) is 0. The molecule has 0 aromatic heterocycles. The van der Waals surface area contributed by atoms with Gasteiger partial charge in [-0.05, 0) is 45.8 Å². The van der Waals surface area contributed by atoms with Gasteiger partial charge in [-0.25, -0.2) is 8.42 Å². The van der Waals surface area contributed by atoms with Crippen molar-refractivity contribution >= 4 is 15.8 Å². The van der Waals surface area contributed by atoms with Gasteiger partial charge in [-0.2, -0.15) is 0 Å². The minimum atomic E-state index is -2.86. The van der Waals surface area contributed by atoms with Gasteiger partial charge in [0.1, 0.15) is 9.84 Å². The molecule has 1 aliphatic heterocycles. The summed E-state index contributed by atoms with van der Waals surface area (Å²) in [6, 6.07) is 0. The summed E-state index contributed by atoms with van der Waals surface area (Å²) < 4.78 is 27.0. The van der Waals surface area contributed by atoms with Crippen LogP contribution in [0.15, 0.2) is 0 Å². The van der Waals surface area contributed by atoms with E-state index in [9.17, 15) is 13.2 Å². The maximum Gasteiger partial charge on any atom is 0.309 e. The Labute approximate surface area is 109 Å². The number of ether oxygens (including phenoxy) is 1. The fourth-order valence-electron chi connectivity index (χ4n) is 2.20. The average Bonchev–Trinajstić information content (AvgIpc) is 2.28. The highest BCUT2D eigenvalue weighted by molar-refractivity contribution is 7.90. The number of carbonyl (C=O) groups excluding carboxylic acids is 1. The number of nitrogens with zero attached hydrogens (tertiary/aromatic N) is 1. The van der Waals surface area contributed by atoms with Crippen LogP contribution in [0.25, 0.3) is 0 Å². The number of piperidine rings is 1. The SMILES string of the molecule is CCOC(=O)C1CCN(CCCS(C)(=O)=O)CC1. The molecule has 1 saturated heterocycles. The zero-order chi connectivity index (χ0) is 13.6. The van der Waals surface area contributed by atoms with Crippen LogP contribution in [0.1, 0.15) is 26.2 Å². The molecule has 0 atom stereocenters. The zero-order valence-electron chi connectivity index (χ0n) is 11.2. The van der Waals surface area contributed by atoms with E-state index in [1.807, 2.05) is 6.92 Å². The summed E-state index contributed by atoms with van der Waals surface area (Å²) in [7, 11) is -2.86. The van der Waals surface area contributed by atoms with Crippen molar-refractivity contribution in [2.24, 2.45) is 5.92 Å². The van der Waals surface area contributed by atoms with Crippen molar-refractivity contribution in [3.8, 4) is 0 Å². The summed E-state index contributed by atoms with van der Waals surface area (Å²) in [6.07, 6.45) is 3.57. The van der Waals surface area contributed by atoms with Crippen molar-refractivity contribution in [3.63, 3.8) is 0 Å². The highest BCUT2D eigenvalue weighted by atomic mass is 32.2. The van der Waals surface area contributed by atoms with Crippen LogP contribution >= 0.6 is 0 Å². The minimum absolute atomic E-state index is 0.0242. The lowest BCUT2D eigenvalue weighted by Crippen LogP contribution is -2.37. The van der Waals surface area contributed by atoms with Gasteiger partial charge in [0.2, 0.25) is 0 Å². The van der Waals surface area contributed by atoms with Gasteiger partial charge in [0.05, 0.1) is 18.3 Å². The van der Waals surface area contributed by atoms with E-state index in [-0.39, 0.29) is 17.6 Å². The second-order valence-electron chi connectivity index (χ2n) is 4.85. The van der Waals surface area contributed by atoms with E-state index in [2.05, 4.69) is 4.90 Å². The molecule has 1 fully saturated rings. The Hall–Kier alpha value is -0.620. The fraction of sp³-hybridized carbons (Fsp3) is 0.917. The minimum Gasteiger partial charge on any atom is -0.466 e. The predicted molar refractivity (Wildman–Crippen MR) is 70.1 cm³/mol. The summed E-state index contributed by atoms with van der Waals surface area (Å²) in [5, 5.41) is 0. The van der Waals surface area contributed by atoms with E-state index in [0.29, 0.717) is 13.0 Å². The Bertz CT molecular complexity index is 358. The molecule has 1 rings (SSSR count). The highest BCUT2D eigenvalue weighted by Gasteiger charge is 2.25. The van der Waals surface area contributed by atoms with E-state index in [1.165, 1.54) is 6.26 Å². The van der Waals surface area contributed by atoms with Crippen molar-refractivity contribution in [2.45, 2.75) is 26.2 Å². The van der Waals surface area contributed by atoms with E-state index >= 15 is 0 Å². The summed E-state index contributed by atoms with van der Waals surface area (Å²) >= 11 is 0. The number of likely N-dealkylation sites (tertiary alicyclic amines) is 1. The number of esters is 1. The molecule has 1 heterocycles. The van der Waals surface area contributed by atoms with Gasteiger partial charge >= 0.3 is 5.97 Å². The molecular weight excluding hydrogens is 254 g/mol. The molecule has 1 aliphatic rings. The van der Waals surface area contributed by atoms with Crippen molar-refractivity contribution < 1.29 is 17.9 Å². The summed E-state index contributed by atoms with van der Waals surface area (Å²) in [6.45, 7) is 4.76. The Morgan fingerprint density at radius 1 is 1.33 bits per heavy atom. The molecule has 6 heteroatoms. The van der Waals surface area contributed by atoms with Crippen molar-refractivity contribution in [1.82, 2.24) is 4.90 Å². The third-order valence-corrected chi connectivity index (χ3v) is 4.23. The number of hydrogen-bond acceptors (Lipinski definition) is 5. The van der Waals surface area contributed by atoms with Crippen LogP contribution in [0.3, 0.4) is 0 Å². The van der Waals surface area contributed by atoms with Crippen LogP contribution < -0.4 is 0 Å². The number of carbonyl (C=O) groups is 1. The lowest BCUT2D eigenvalue weighted by molar-refractivity contribution is -0.149. The molecule has 18 heavy (non-hydrogen) atoms. The molecular formula is C12H23NO4S. The predicted octanol–water partition coefficient (Wildman–Crippen LogP) is 0.696. The van der Waals surface area contributed by atoms with Gasteiger partial charge < -0.3 is 9.64 Å². The van der Waals surface area contributed by atoms with Crippen LogP contribution in [-0.4, -0.2) is 57.5 Å². The summed E-state index contributed by atoms with van der Waals surface area (Å²) in [5.74, 6) is 0.176. The van der Waals surface area contributed by atoms with Gasteiger partial charge in [0, 0.05) is 6.26 Å². The Balaban J connectivity index is 2.21. The fourth-order valence-corrected chi connectivity index (χ4v) is 2.86. The molecule has 5 nitrogen and oxygen atoms in total. The molecule has 0 aromatic rings. The molecule has 0 bridgehead atoms. The van der Waals surface area contributed by atoms with Crippen LogP contribution in [0, 0.1) is 5.92 Å². The first-order valence-corrected chi connectivity index (χ1v) is 8.55. The standard InChI is InChI=1S/C12H23NO4S/c1-3-17-12(14)11-5-8-13(9-6-11)7-4-10-18(2,15)16/h11H,3-10H2,1-2H3. The maximum atomic E-state index is 11.5. The summed E-state index contributed by atoms with van der Waals surface area (Å²) in [4.78, 5) is 13.8. The number of sulfone groups is 1. The lowest BCUT2D eigenvalue weighted by Gasteiger charge is -2.30. The summed E-state index contributed by atoms with van der Waals surface area (Å²) in [5.41, 5.74) is 0.